The van der Waals surface area contributed by atoms with Crippen LogP contribution in [0.15, 0.2) is 0 Å². The van der Waals surface area contributed by atoms with Gasteiger partial charge in [-0.1, -0.05) is 19.8 Å². The van der Waals surface area contributed by atoms with Crippen LogP contribution in [0.4, 0.5) is 11.9 Å². The lowest BCUT2D eigenvalue weighted by atomic mass is 9.77. The number of hydrogen-bond donors (Lipinski definition) is 3. The molecule has 7 heteroatoms. The second-order valence-electron chi connectivity index (χ2n) is 5.50. The van der Waals surface area contributed by atoms with E-state index in [0.29, 0.717) is 18.5 Å². The van der Waals surface area contributed by atoms with Crippen LogP contribution in [0.25, 0.3) is 0 Å². The molecule has 7 nitrogen and oxygen atoms in total. The van der Waals surface area contributed by atoms with Gasteiger partial charge < -0.3 is 20.9 Å². The summed E-state index contributed by atoms with van der Waals surface area (Å²) in [5, 5.41) is 13.0. The number of rotatable bonds is 5. The van der Waals surface area contributed by atoms with Crippen molar-refractivity contribution in [1.82, 2.24) is 15.0 Å². The van der Waals surface area contributed by atoms with Gasteiger partial charge in [0.2, 0.25) is 11.9 Å². The minimum absolute atomic E-state index is 0.0485. The lowest BCUT2D eigenvalue weighted by molar-refractivity contribution is 0.149. The fourth-order valence-corrected chi connectivity index (χ4v) is 2.82. The Hall–Kier alpha value is -1.63. The maximum atomic E-state index is 9.77. The molecule has 0 radical (unpaired) electrons. The molecule has 0 aliphatic heterocycles. The maximum absolute atomic E-state index is 9.77. The summed E-state index contributed by atoms with van der Waals surface area (Å²) in [7, 11) is 0. The van der Waals surface area contributed by atoms with E-state index in [1.165, 1.54) is 6.42 Å². The molecule has 0 saturated heterocycles. The lowest BCUT2D eigenvalue weighted by Crippen LogP contribution is -2.46. The topological polar surface area (TPSA) is 106 Å². The van der Waals surface area contributed by atoms with Crippen LogP contribution in [-0.4, -0.2) is 38.8 Å². The van der Waals surface area contributed by atoms with E-state index in [0.717, 1.165) is 19.3 Å². The molecule has 0 amide bonds. The predicted octanol–water partition coefficient (Wildman–Crippen LogP) is 1.21. The summed E-state index contributed by atoms with van der Waals surface area (Å²) < 4.78 is 5.26. The molecular weight excluding hydrogens is 258 g/mol. The molecule has 1 heterocycles. The average Bonchev–Trinajstić information content (AvgIpc) is 2.38. The van der Waals surface area contributed by atoms with Crippen LogP contribution in [-0.2, 0) is 0 Å². The number of nitrogen functional groups attached to an aromatic ring is 1. The molecule has 1 aromatic heterocycles. The number of anilines is 2. The number of hydrogen-bond acceptors (Lipinski definition) is 7. The second-order valence-corrected chi connectivity index (χ2v) is 5.50. The monoisotopic (exact) mass is 281 g/mol. The SMILES string of the molecule is CCOc1nc(N)nc(NC2(CO)CCCC(C)C2)n1. The van der Waals surface area contributed by atoms with Crippen molar-refractivity contribution in [2.24, 2.45) is 5.92 Å². The summed E-state index contributed by atoms with van der Waals surface area (Å²) in [5.41, 5.74) is 5.28. The van der Waals surface area contributed by atoms with Crippen LogP contribution < -0.4 is 15.8 Å². The molecular formula is C13H23N5O2. The summed E-state index contributed by atoms with van der Waals surface area (Å²) in [6.07, 6.45) is 4.04. The van der Waals surface area contributed by atoms with Crippen LogP contribution in [0.5, 0.6) is 6.01 Å². The van der Waals surface area contributed by atoms with E-state index >= 15 is 0 Å². The summed E-state index contributed by atoms with van der Waals surface area (Å²) in [4.78, 5) is 12.2. The molecule has 1 fully saturated rings. The van der Waals surface area contributed by atoms with Crippen molar-refractivity contribution in [3.63, 3.8) is 0 Å². The van der Waals surface area contributed by atoms with Crippen LogP contribution in [0.3, 0.4) is 0 Å². The summed E-state index contributed by atoms with van der Waals surface area (Å²) >= 11 is 0. The fraction of sp³-hybridized carbons (Fsp3) is 0.769. The van der Waals surface area contributed by atoms with Gasteiger partial charge in [-0.15, -0.1) is 0 Å². The third-order valence-electron chi connectivity index (χ3n) is 3.68. The first-order valence-electron chi connectivity index (χ1n) is 7.10. The first-order valence-corrected chi connectivity index (χ1v) is 7.10. The van der Waals surface area contributed by atoms with Gasteiger partial charge in [0.15, 0.2) is 0 Å². The Balaban J connectivity index is 2.18. The third-order valence-corrected chi connectivity index (χ3v) is 3.68. The van der Waals surface area contributed by atoms with Crippen LogP contribution in [0.2, 0.25) is 0 Å². The van der Waals surface area contributed by atoms with Crippen molar-refractivity contribution < 1.29 is 9.84 Å². The van der Waals surface area contributed by atoms with E-state index in [1.54, 1.807) is 0 Å². The molecule has 20 heavy (non-hydrogen) atoms. The fourth-order valence-electron chi connectivity index (χ4n) is 2.82. The van der Waals surface area contributed by atoms with Gasteiger partial charge in [-0.3, -0.25) is 0 Å². The third kappa shape index (κ3) is 3.47. The largest absolute Gasteiger partial charge is 0.464 e. The Morgan fingerprint density at radius 2 is 2.25 bits per heavy atom. The number of nitrogens with two attached hydrogens (primary N) is 1. The molecule has 0 bridgehead atoms. The van der Waals surface area contributed by atoms with Gasteiger partial charge in [-0.05, 0) is 25.7 Å². The average molecular weight is 281 g/mol. The van der Waals surface area contributed by atoms with Crippen molar-refractivity contribution in [3.8, 4) is 6.01 Å². The van der Waals surface area contributed by atoms with Gasteiger partial charge in [0, 0.05) is 0 Å². The van der Waals surface area contributed by atoms with E-state index in [9.17, 15) is 5.11 Å². The molecule has 0 spiro atoms. The van der Waals surface area contributed by atoms with Gasteiger partial charge in [0.1, 0.15) is 0 Å². The van der Waals surface area contributed by atoms with Crippen LogP contribution in [0, 0.1) is 5.92 Å². The molecule has 4 N–H and O–H groups in total. The smallest absolute Gasteiger partial charge is 0.323 e. The highest BCUT2D eigenvalue weighted by Crippen LogP contribution is 2.34. The minimum atomic E-state index is -0.380. The Morgan fingerprint density at radius 3 is 2.90 bits per heavy atom. The molecule has 112 valence electrons. The normalized spacial score (nSPS) is 26.2. The van der Waals surface area contributed by atoms with Gasteiger partial charge in [-0.2, -0.15) is 15.0 Å². The Labute approximate surface area is 119 Å². The molecule has 1 aromatic rings. The number of aromatic nitrogens is 3. The van der Waals surface area contributed by atoms with E-state index in [2.05, 4.69) is 27.2 Å². The molecule has 1 aliphatic carbocycles. The summed E-state index contributed by atoms with van der Waals surface area (Å²) in [5.74, 6) is 1.04. The van der Waals surface area contributed by atoms with Gasteiger partial charge in [0.05, 0.1) is 18.8 Å². The minimum Gasteiger partial charge on any atom is -0.464 e. The van der Waals surface area contributed by atoms with E-state index in [1.807, 2.05) is 6.92 Å². The quantitative estimate of drug-likeness (QED) is 0.744. The van der Waals surface area contributed by atoms with E-state index in [4.69, 9.17) is 10.5 Å². The molecule has 2 atom stereocenters. The zero-order valence-corrected chi connectivity index (χ0v) is 12.1. The first kappa shape index (κ1) is 14.8. The standard InChI is InChI=1S/C13H23N5O2/c1-3-20-12-16-10(14)15-11(17-12)18-13(8-19)6-4-5-9(2)7-13/h9,19H,3-8H2,1-2H3,(H3,14,15,16,17,18). The lowest BCUT2D eigenvalue weighted by Gasteiger charge is -2.39. The van der Waals surface area contributed by atoms with E-state index in [-0.39, 0.29) is 24.1 Å². The number of ether oxygens (including phenoxy) is 1. The van der Waals surface area contributed by atoms with Gasteiger partial charge in [-0.25, -0.2) is 0 Å². The summed E-state index contributed by atoms with van der Waals surface area (Å²) in [6.45, 7) is 4.56. The predicted molar refractivity (Wildman–Crippen MR) is 76.5 cm³/mol. The van der Waals surface area contributed by atoms with Crippen molar-refractivity contribution in [2.45, 2.75) is 45.1 Å². The van der Waals surface area contributed by atoms with Gasteiger partial charge in [0.25, 0.3) is 0 Å². The molecule has 0 aromatic carbocycles. The maximum Gasteiger partial charge on any atom is 0.323 e. The number of aliphatic hydroxyl groups excluding tert-OH is 1. The first-order chi connectivity index (χ1) is 9.57. The van der Waals surface area contributed by atoms with Crippen molar-refractivity contribution in [2.75, 3.05) is 24.3 Å². The molecule has 2 unspecified atom stereocenters. The van der Waals surface area contributed by atoms with Crippen LogP contribution >= 0.6 is 0 Å². The highest BCUT2D eigenvalue weighted by molar-refractivity contribution is 5.36. The molecule has 1 saturated carbocycles. The zero-order valence-electron chi connectivity index (χ0n) is 12.1. The van der Waals surface area contributed by atoms with Crippen LogP contribution in [0.1, 0.15) is 39.5 Å². The van der Waals surface area contributed by atoms with Crippen molar-refractivity contribution in [3.05, 3.63) is 0 Å². The van der Waals surface area contributed by atoms with E-state index < -0.39 is 0 Å². The Kier molecular flexibility index (Phi) is 4.59. The summed E-state index contributed by atoms with van der Waals surface area (Å²) in [6, 6.07) is 0.208. The van der Waals surface area contributed by atoms with Gasteiger partial charge >= 0.3 is 6.01 Å². The molecule has 2 rings (SSSR count). The zero-order chi connectivity index (χ0) is 14.6. The highest BCUT2D eigenvalue weighted by Gasteiger charge is 2.35. The number of nitrogens with one attached hydrogen (secondary N) is 1. The van der Waals surface area contributed by atoms with Crippen molar-refractivity contribution >= 4 is 11.9 Å². The number of nitrogens with zero attached hydrogens (tertiary/aromatic N) is 3. The second kappa shape index (κ2) is 6.21. The number of aliphatic hydroxyl groups is 1. The Bertz CT molecular complexity index is 456. The van der Waals surface area contributed by atoms with Crippen molar-refractivity contribution in [1.29, 1.82) is 0 Å². The molecule has 1 aliphatic rings. The Morgan fingerprint density at radius 1 is 1.45 bits per heavy atom. The highest BCUT2D eigenvalue weighted by atomic mass is 16.5.